The number of hydrazone groups is 1. The molecule has 0 aliphatic carbocycles. The summed E-state index contributed by atoms with van der Waals surface area (Å²) < 4.78 is 0. The highest BCUT2D eigenvalue weighted by atomic mass is 15.8. The summed E-state index contributed by atoms with van der Waals surface area (Å²) in [6.45, 7) is 0.747. The maximum atomic E-state index is 5.06. The zero-order valence-electron chi connectivity index (χ0n) is 3.26. The van der Waals surface area contributed by atoms with E-state index in [0.29, 0.717) is 0 Å². The van der Waals surface area contributed by atoms with Crippen molar-refractivity contribution in [2.45, 2.75) is 0 Å². The van der Waals surface area contributed by atoms with Crippen LogP contribution in [0.3, 0.4) is 0 Å². The highest BCUT2D eigenvalue weighted by Crippen LogP contribution is 1.73. The number of nitrogens with one attached hydrogen (secondary N) is 1. The first-order valence-electron chi connectivity index (χ1n) is 1.70. The number of hydrogen-bond donors (Lipinski definition) is 2. The largest absolute Gasteiger partial charge is 0.215 e. The molecule has 0 radical (unpaired) electrons. The van der Waals surface area contributed by atoms with Gasteiger partial charge in [0.2, 0.25) is 0 Å². The molecule has 0 fully saturated rings. The normalized spacial score (nSPS) is 19.8. The van der Waals surface area contributed by atoms with Gasteiger partial charge in [0.1, 0.15) is 0 Å². The highest BCUT2D eigenvalue weighted by molar-refractivity contribution is 5.60. The molecular weight excluding hydrogens is 80.0 g/mol. The van der Waals surface area contributed by atoms with Gasteiger partial charge in [-0.2, -0.15) is 15.8 Å². The molecule has 34 valence electrons. The van der Waals surface area contributed by atoms with Crippen molar-refractivity contribution in [2.24, 2.45) is 10.9 Å². The second kappa shape index (κ2) is 1.24. The summed E-state index contributed by atoms with van der Waals surface area (Å²) in [4.78, 5) is 0. The van der Waals surface area contributed by atoms with Crippen molar-refractivity contribution in [3.63, 3.8) is 0 Å². The Hall–Kier alpha value is -0.610. The fourth-order valence-corrected chi connectivity index (χ4v) is 0.304. The fraction of sp³-hybridized carbons (Fsp3) is 0.500. The average molecular weight is 86.1 g/mol. The number of nitrogens with two attached hydrogens (primary N) is 1. The second-order valence-corrected chi connectivity index (χ2v) is 1.00. The molecule has 1 rings (SSSR count). The Morgan fingerprint density at radius 2 is 2.83 bits per heavy atom. The number of nitrogens with zero attached hydrogens (tertiary/aromatic N) is 2. The molecule has 4 heteroatoms. The van der Waals surface area contributed by atoms with Crippen LogP contribution in [-0.4, -0.2) is 18.0 Å². The van der Waals surface area contributed by atoms with Crippen molar-refractivity contribution in [2.75, 3.05) is 6.54 Å². The van der Waals surface area contributed by atoms with E-state index in [-0.39, 0.29) is 0 Å². The molecule has 0 aromatic rings. The van der Waals surface area contributed by atoms with Crippen molar-refractivity contribution >= 4 is 6.21 Å². The summed E-state index contributed by atoms with van der Waals surface area (Å²) in [5.41, 5.74) is 2.71. The van der Waals surface area contributed by atoms with Crippen molar-refractivity contribution in [1.29, 1.82) is 0 Å². The predicted molar refractivity (Wildman–Crippen MR) is 22.5 cm³/mol. The lowest BCUT2D eigenvalue weighted by Crippen LogP contribution is -2.34. The molecule has 0 saturated heterocycles. The minimum Gasteiger partial charge on any atom is -0.215 e. The lowest BCUT2D eigenvalue weighted by atomic mass is 10.8. The molecular formula is C2H6N4. The van der Waals surface area contributed by atoms with Crippen molar-refractivity contribution in [3.05, 3.63) is 0 Å². The molecule has 0 unspecified atom stereocenters. The van der Waals surface area contributed by atoms with Crippen LogP contribution < -0.4 is 11.3 Å². The van der Waals surface area contributed by atoms with Crippen LogP contribution in [0.15, 0.2) is 5.10 Å². The lowest BCUT2D eigenvalue weighted by molar-refractivity contribution is 0.238. The molecule has 0 atom stereocenters. The van der Waals surface area contributed by atoms with Crippen LogP contribution in [0.4, 0.5) is 0 Å². The SMILES string of the molecule is NN1N=CCN1. The van der Waals surface area contributed by atoms with Gasteiger partial charge in [-0.25, -0.2) is 5.84 Å². The zero-order valence-corrected chi connectivity index (χ0v) is 3.26. The summed E-state index contributed by atoms with van der Waals surface area (Å²) in [5, 5.41) is 4.79. The predicted octanol–water partition coefficient (Wildman–Crippen LogP) is -1.33. The van der Waals surface area contributed by atoms with Crippen molar-refractivity contribution < 1.29 is 0 Å². The zero-order chi connectivity index (χ0) is 4.41. The standard InChI is InChI=1S/C2H6N4/c3-6-4-1-2-5-6/h1,5H,2-3H2. The molecule has 1 heterocycles. The smallest absolute Gasteiger partial charge is 0.0554 e. The van der Waals surface area contributed by atoms with Crippen LogP contribution in [0, 0.1) is 0 Å². The van der Waals surface area contributed by atoms with E-state index in [1.165, 1.54) is 5.23 Å². The minimum atomic E-state index is 0.747. The fourth-order valence-electron chi connectivity index (χ4n) is 0.304. The van der Waals surface area contributed by atoms with E-state index in [4.69, 9.17) is 5.84 Å². The van der Waals surface area contributed by atoms with Gasteiger partial charge in [0.15, 0.2) is 0 Å². The van der Waals surface area contributed by atoms with Crippen LogP contribution in [0.2, 0.25) is 0 Å². The number of hydrazine groups is 2. The number of rotatable bonds is 0. The molecule has 4 nitrogen and oxygen atoms in total. The molecule has 6 heavy (non-hydrogen) atoms. The van der Waals surface area contributed by atoms with Gasteiger partial charge in [0.05, 0.1) is 6.54 Å². The van der Waals surface area contributed by atoms with Crippen LogP contribution in [0.5, 0.6) is 0 Å². The second-order valence-electron chi connectivity index (χ2n) is 1.00. The van der Waals surface area contributed by atoms with E-state index < -0.39 is 0 Å². The molecule has 0 spiro atoms. The molecule has 3 N–H and O–H groups in total. The Balaban J connectivity index is 2.38. The van der Waals surface area contributed by atoms with Gasteiger partial charge in [-0.05, 0) is 0 Å². The minimum absolute atomic E-state index is 0.747. The van der Waals surface area contributed by atoms with Crippen molar-refractivity contribution in [3.8, 4) is 0 Å². The van der Waals surface area contributed by atoms with Gasteiger partial charge in [-0.3, -0.25) is 0 Å². The van der Waals surface area contributed by atoms with E-state index in [0.717, 1.165) is 6.54 Å². The molecule has 0 bridgehead atoms. The maximum absolute atomic E-state index is 5.06. The summed E-state index contributed by atoms with van der Waals surface area (Å²) in [6, 6.07) is 0. The van der Waals surface area contributed by atoms with E-state index in [1.807, 2.05) is 0 Å². The van der Waals surface area contributed by atoms with Gasteiger partial charge >= 0.3 is 0 Å². The number of hydrogen-bond acceptors (Lipinski definition) is 4. The molecule has 1 aliphatic heterocycles. The molecule has 0 saturated carbocycles. The highest BCUT2D eigenvalue weighted by Gasteiger charge is 1.92. The van der Waals surface area contributed by atoms with Gasteiger partial charge in [0.25, 0.3) is 0 Å². The maximum Gasteiger partial charge on any atom is 0.0554 e. The van der Waals surface area contributed by atoms with Crippen LogP contribution in [-0.2, 0) is 0 Å². The first-order chi connectivity index (χ1) is 2.89. The Morgan fingerprint density at radius 1 is 2.00 bits per heavy atom. The summed E-state index contributed by atoms with van der Waals surface area (Å²) in [5.74, 6) is 5.06. The summed E-state index contributed by atoms with van der Waals surface area (Å²) >= 11 is 0. The Morgan fingerprint density at radius 3 is 3.00 bits per heavy atom. The third-order valence-corrected chi connectivity index (χ3v) is 0.551. The third kappa shape index (κ3) is 0.474. The summed E-state index contributed by atoms with van der Waals surface area (Å²) in [7, 11) is 0. The quantitative estimate of drug-likeness (QED) is 0.359. The van der Waals surface area contributed by atoms with Gasteiger partial charge in [0, 0.05) is 6.21 Å². The molecule has 0 amide bonds. The van der Waals surface area contributed by atoms with Crippen LogP contribution in [0.1, 0.15) is 0 Å². The van der Waals surface area contributed by atoms with Crippen LogP contribution in [0.25, 0.3) is 0 Å². The van der Waals surface area contributed by atoms with Gasteiger partial charge in [-0.15, -0.1) is 0 Å². The Labute approximate surface area is 35.6 Å². The van der Waals surface area contributed by atoms with Gasteiger partial charge in [-0.1, -0.05) is 0 Å². The first-order valence-corrected chi connectivity index (χ1v) is 1.70. The topological polar surface area (TPSA) is 53.6 Å². The van der Waals surface area contributed by atoms with Gasteiger partial charge < -0.3 is 0 Å². The molecule has 0 aromatic carbocycles. The Kier molecular flexibility index (Phi) is 0.736. The van der Waals surface area contributed by atoms with E-state index in [2.05, 4.69) is 10.5 Å². The van der Waals surface area contributed by atoms with E-state index in [9.17, 15) is 0 Å². The summed E-state index contributed by atoms with van der Waals surface area (Å²) in [6.07, 6.45) is 1.69. The first kappa shape index (κ1) is 3.58. The average Bonchev–Trinajstić information content (AvgIpc) is 1.86. The van der Waals surface area contributed by atoms with Crippen LogP contribution >= 0.6 is 0 Å². The van der Waals surface area contributed by atoms with E-state index >= 15 is 0 Å². The third-order valence-electron chi connectivity index (χ3n) is 0.551. The Bertz CT molecular complexity index is 67.9. The monoisotopic (exact) mass is 86.1 g/mol. The molecule has 0 aromatic heterocycles. The lowest BCUT2D eigenvalue weighted by Gasteiger charge is -2.01. The van der Waals surface area contributed by atoms with E-state index in [1.54, 1.807) is 6.21 Å². The van der Waals surface area contributed by atoms with Crippen molar-refractivity contribution in [1.82, 2.24) is 10.7 Å². The molecule has 1 aliphatic rings.